The summed E-state index contributed by atoms with van der Waals surface area (Å²) >= 11 is 0. The van der Waals surface area contributed by atoms with Crippen LogP contribution in [0.5, 0.6) is 0 Å². The van der Waals surface area contributed by atoms with E-state index in [-0.39, 0.29) is 0 Å². The summed E-state index contributed by atoms with van der Waals surface area (Å²) < 4.78 is 0. The molecule has 0 saturated carbocycles. The van der Waals surface area contributed by atoms with Gasteiger partial charge in [0.05, 0.1) is 11.4 Å². The number of aliphatic hydroxyl groups is 1. The van der Waals surface area contributed by atoms with E-state index in [0.29, 0.717) is 12.5 Å². The smallest absolute Gasteiger partial charge is 0.108 e. The molecule has 0 aliphatic rings. The Morgan fingerprint density at radius 1 is 1.50 bits per heavy atom. The van der Waals surface area contributed by atoms with Crippen molar-refractivity contribution >= 4 is 0 Å². The fourth-order valence-electron chi connectivity index (χ4n) is 1.61. The molecule has 1 aromatic rings. The van der Waals surface area contributed by atoms with Crippen molar-refractivity contribution in [2.24, 2.45) is 0 Å². The summed E-state index contributed by atoms with van der Waals surface area (Å²) in [6.07, 6.45) is -0.500. The molecule has 1 unspecified atom stereocenters. The van der Waals surface area contributed by atoms with Crippen LogP contribution < -0.4 is 5.32 Å². The zero-order chi connectivity index (χ0) is 10.7. The van der Waals surface area contributed by atoms with Gasteiger partial charge >= 0.3 is 0 Å². The molecule has 4 nitrogen and oxygen atoms in total. The Labute approximate surface area is 84.7 Å². The standard InChI is InChI=1S/C10H19N3O/c1-6(2)9-7(3)10(13-12-9)8(14)5-11-4/h6,8,11,14H,5H2,1-4H3,(H,12,13). The molecule has 0 saturated heterocycles. The van der Waals surface area contributed by atoms with Crippen LogP contribution in [-0.4, -0.2) is 28.9 Å². The first kappa shape index (κ1) is 11.2. The first-order valence-corrected chi connectivity index (χ1v) is 4.95. The van der Waals surface area contributed by atoms with Gasteiger partial charge in [-0.2, -0.15) is 5.10 Å². The molecule has 0 aliphatic carbocycles. The Morgan fingerprint density at radius 3 is 2.57 bits per heavy atom. The van der Waals surface area contributed by atoms with E-state index in [2.05, 4.69) is 29.4 Å². The number of H-pyrrole nitrogens is 1. The number of aromatic amines is 1. The van der Waals surface area contributed by atoms with E-state index >= 15 is 0 Å². The van der Waals surface area contributed by atoms with Crippen LogP contribution in [0.15, 0.2) is 0 Å². The number of aliphatic hydroxyl groups excluding tert-OH is 1. The molecule has 0 spiro atoms. The third-order valence-electron chi connectivity index (χ3n) is 2.36. The summed E-state index contributed by atoms with van der Waals surface area (Å²) in [6, 6.07) is 0. The quantitative estimate of drug-likeness (QED) is 0.677. The molecule has 0 aliphatic heterocycles. The highest BCUT2D eigenvalue weighted by Crippen LogP contribution is 2.22. The van der Waals surface area contributed by atoms with Crippen LogP contribution in [-0.2, 0) is 0 Å². The number of nitrogens with one attached hydrogen (secondary N) is 2. The summed E-state index contributed by atoms with van der Waals surface area (Å²) in [5, 5.41) is 19.8. The van der Waals surface area contributed by atoms with Crippen molar-refractivity contribution in [3.05, 3.63) is 17.0 Å². The third kappa shape index (κ3) is 2.13. The van der Waals surface area contributed by atoms with Crippen LogP contribution in [0.2, 0.25) is 0 Å². The minimum Gasteiger partial charge on any atom is -0.385 e. The number of aromatic nitrogens is 2. The molecule has 0 bridgehead atoms. The van der Waals surface area contributed by atoms with Crippen LogP contribution in [0.4, 0.5) is 0 Å². The molecule has 0 aromatic carbocycles. The zero-order valence-electron chi connectivity index (χ0n) is 9.26. The highest BCUT2D eigenvalue weighted by atomic mass is 16.3. The number of likely N-dealkylation sites (N-methyl/N-ethyl adjacent to an activating group) is 1. The summed E-state index contributed by atoms with van der Waals surface area (Å²) in [7, 11) is 1.82. The van der Waals surface area contributed by atoms with Gasteiger partial charge in [0.25, 0.3) is 0 Å². The molecule has 4 heteroatoms. The lowest BCUT2D eigenvalue weighted by Gasteiger charge is -2.09. The largest absolute Gasteiger partial charge is 0.385 e. The second-order valence-corrected chi connectivity index (χ2v) is 3.88. The molecule has 0 amide bonds. The molecule has 3 N–H and O–H groups in total. The van der Waals surface area contributed by atoms with Crippen LogP contribution in [0.25, 0.3) is 0 Å². The molecular weight excluding hydrogens is 178 g/mol. The predicted molar refractivity (Wildman–Crippen MR) is 56.3 cm³/mol. The molecule has 0 radical (unpaired) electrons. The van der Waals surface area contributed by atoms with E-state index in [1.807, 2.05) is 14.0 Å². The van der Waals surface area contributed by atoms with Gasteiger partial charge in [-0.05, 0) is 25.5 Å². The predicted octanol–water partition coefficient (Wildman–Crippen LogP) is 1.09. The minimum absolute atomic E-state index is 0.391. The highest BCUT2D eigenvalue weighted by molar-refractivity contribution is 5.27. The second kappa shape index (κ2) is 4.57. The van der Waals surface area contributed by atoms with Crippen molar-refractivity contribution in [3.8, 4) is 0 Å². The number of nitrogens with zero attached hydrogens (tertiary/aromatic N) is 1. The Hall–Kier alpha value is -0.870. The maximum atomic E-state index is 9.76. The van der Waals surface area contributed by atoms with Gasteiger partial charge in [0.2, 0.25) is 0 Å². The summed E-state index contributed by atoms with van der Waals surface area (Å²) in [6.45, 7) is 6.72. The first-order chi connectivity index (χ1) is 6.57. The third-order valence-corrected chi connectivity index (χ3v) is 2.36. The topological polar surface area (TPSA) is 60.9 Å². The minimum atomic E-state index is -0.500. The van der Waals surface area contributed by atoms with Gasteiger partial charge in [-0.25, -0.2) is 0 Å². The van der Waals surface area contributed by atoms with Crippen LogP contribution in [0.1, 0.15) is 42.8 Å². The number of hydrogen-bond acceptors (Lipinski definition) is 3. The van der Waals surface area contributed by atoms with Crippen LogP contribution >= 0.6 is 0 Å². The monoisotopic (exact) mass is 197 g/mol. The van der Waals surface area contributed by atoms with Gasteiger partial charge in [-0.15, -0.1) is 0 Å². The van der Waals surface area contributed by atoms with Crippen molar-refractivity contribution in [2.75, 3.05) is 13.6 Å². The maximum Gasteiger partial charge on any atom is 0.108 e. The lowest BCUT2D eigenvalue weighted by Crippen LogP contribution is -2.17. The Kier molecular flexibility index (Phi) is 3.66. The summed E-state index contributed by atoms with van der Waals surface area (Å²) in [4.78, 5) is 0. The number of hydrogen-bond donors (Lipinski definition) is 3. The first-order valence-electron chi connectivity index (χ1n) is 4.95. The SMILES string of the molecule is CNCC(O)c1[nH]nc(C(C)C)c1C. The van der Waals surface area contributed by atoms with Crippen molar-refractivity contribution in [2.45, 2.75) is 32.8 Å². The lowest BCUT2D eigenvalue weighted by molar-refractivity contribution is 0.172. The highest BCUT2D eigenvalue weighted by Gasteiger charge is 2.17. The molecule has 0 fully saturated rings. The van der Waals surface area contributed by atoms with Crippen molar-refractivity contribution in [1.29, 1.82) is 0 Å². The summed E-state index contributed by atoms with van der Waals surface area (Å²) in [5.41, 5.74) is 2.93. The fourth-order valence-corrected chi connectivity index (χ4v) is 1.61. The molecule has 14 heavy (non-hydrogen) atoms. The van der Waals surface area contributed by atoms with Crippen molar-refractivity contribution in [3.63, 3.8) is 0 Å². The van der Waals surface area contributed by atoms with E-state index in [1.54, 1.807) is 0 Å². The van der Waals surface area contributed by atoms with Crippen LogP contribution in [0.3, 0.4) is 0 Å². The Balaban J connectivity index is 2.89. The normalized spacial score (nSPS) is 13.6. The summed E-state index contributed by atoms with van der Waals surface area (Å²) in [5.74, 6) is 0.391. The molecule has 1 atom stereocenters. The average Bonchev–Trinajstić information content (AvgIpc) is 2.47. The second-order valence-electron chi connectivity index (χ2n) is 3.88. The Bertz CT molecular complexity index is 294. The van der Waals surface area contributed by atoms with Crippen molar-refractivity contribution in [1.82, 2.24) is 15.5 Å². The van der Waals surface area contributed by atoms with Gasteiger partial charge in [0, 0.05) is 6.54 Å². The van der Waals surface area contributed by atoms with E-state index in [4.69, 9.17) is 0 Å². The van der Waals surface area contributed by atoms with Gasteiger partial charge < -0.3 is 10.4 Å². The van der Waals surface area contributed by atoms with Crippen molar-refractivity contribution < 1.29 is 5.11 Å². The zero-order valence-corrected chi connectivity index (χ0v) is 9.26. The van der Waals surface area contributed by atoms with E-state index in [1.165, 1.54) is 0 Å². The average molecular weight is 197 g/mol. The van der Waals surface area contributed by atoms with E-state index in [9.17, 15) is 5.11 Å². The molecule has 1 heterocycles. The van der Waals surface area contributed by atoms with Gasteiger partial charge in [-0.3, -0.25) is 5.10 Å². The molecule has 1 aromatic heterocycles. The maximum absolute atomic E-state index is 9.76. The van der Waals surface area contributed by atoms with E-state index < -0.39 is 6.10 Å². The molecular formula is C10H19N3O. The number of rotatable bonds is 4. The molecule has 80 valence electrons. The van der Waals surface area contributed by atoms with Gasteiger partial charge in [0.1, 0.15) is 6.10 Å². The lowest BCUT2D eigenvalue weighted by atomic mass is 10.0. The van der Waals surface area contributed by atoms with Crippen LogP contribution in [0, 0.1) is 6.92 Å². The van der Waals surface area contributed by atoms with E-state index in [0.717, 1.165) is 17.0 Å². The fraction of sp³-hybridized carbons (Fsp3) is 0.700. The van der Waals surface area contributed by atoms with Gasteiger partial charge in [-0.1, -0.05) is 13.8 Å². The van der Waals surface area contributed by atoms with Gasteiger partial charge in [0.15, 0.2) is 0 Å². The Morgan fingerprint density at radius 2 is 2.14 bits per heavy atom. The molecule has 1 rings (SSSR count).